The van der Waals surface area contributed by atoms with Crippen molar-refractivity contribution in [2.45, 2.75) is 132 Å². The number of benzene rings is 2. The van der Waals surface area contributed by atoms with Crippen molar-refractivity contribution in [2.24, 2.45) is 47.7 Å². The average molecular weight is 1340 g/mol. The van der Waals surface area contributed by atoms with E-state index < -0.39 is 71.2 Å². The number of aromatic nitrogens is 6. The van der Waals surface area contributed by atoms with Gasteiger partial charge in [-0.25, -0.2) is 26.4 Å². The number of aliphatic hydroxyl groups is 2. The average Bonchev–Trinajstić information content (AvgIpc) is 1.58. The van der Waals surface area contributed by atoms with Gasteiger partial charge in [-0.05, 0) is 149 Å². The number of fused-ring (bicyclic) bond motifs is 2. The number of hydrogen-bond acceptors (Lipinski definition) is 23. The molecule has 0 spiro atoms. The van der Waals surface area contributed by atoms with Gasteiger partial charge in [-0.3, -0.25) is 52.2 Å². The highest BCUT2D eigenvalue weighted by molar-refractivity contribution is 7.93. The predicted octanol–water partition coefficient (Wildman–Crippen LogP) is 3.27. The lowest BCUT2D eigenvalue weighted by Crippen LogP contribution is -2.37. The number of cyclic esters (lactones) is 2. The van der Waals surface area contributed by atoms with E-state index in [4.69, 9.17) is 27.2 Å². The van der Waals surface area contributed by atoms with Gasteiger partial charge in [-0.15, -0.1) is 0 Å². The molecule has 0 saturated carbocycles. The number of nitrogens with zero attached hydrogens (tertiary/aromatic N) is 6. The summed E-state index contributed by atoms with van der Waals surface area (Å²) in [5, 5.41) is 50.1. The van der Waals surface area contributed by atoms with Crippen LogP contribution in [0.15, 0.2) is 66.1 Å². The quantitative estimate of drug-likeness (QED) is 0.128. The number of hydrogen-bond donors (Lipinski definition) is 2. The molecule has 504 valence electrons. The van der Waals surface area contributed by atoms with Crippen LogP contribution in [-0.4, -0.2) is 112 Å². The van der Waals surface area contributed by atoms with Crippen LogP contribution in [0.1, 0.15) is 136 Å². The van der Waals surface area contributed by atoms with E-state index in [2.05, 4.69) is 9.47 Å². The lowest BCUT2D eigenvalue weighted by Gasteiger charge is -2.27. The molecular weight excluding hydrogens is 1260 g/mol. The summed E-state index contributed by atoms with van der Waals surface area (Å²) >= 11 is 4.80. The molecule has 1 fully saturated rings. The molecule has 2 aromatic carbocycles. The van der Waals surface area contributed by atoms with E-state index in [0.717, 1.165) is 77.9 Å². The third-order valence-corrected chi connectivity index (χ3v) is 19.9. The fourth-order valence-corrected chi connectivity index (χ4v) is 12.3. The van der Waals surface area contributed by atoms with Crippen LogP contribution in [0.3, 0.4) is 0 Å². The second-order valence-electron chi connectivity index (χ2n) is 23.6. The van der Waals surface area contributed by atoms with Gasteiger partial charge in [0.2, 0.25) is 14.8 Å². The Morgan fingerprint density at radius 1 is 0.500 bits per heavy atom. The molecule has 0 amide bonds. The minimum Gasteiger partial charge on any atom is -0.860 e. The maximum absolute atomic E-state index is 11.9. The van der Waals surface area contributed by atoms with Crippen molar-refractivity contribution < 1.29 is 85.3 Å². The van der Waals surface area contributed by atoms with Crippen LogP contribution in [0.5, 0.6) is 17.6 Å². The molecule has 3 aliphatic heterocycles. The highest BCUT2D eigenvalue weighted by atomic mass is 32.2. The van der Waals surface area contributed by atoms with Crippen LogP contribution >= 0.6 is 12.2 Å². The number of aliphatic hydroxyl groups excluding tert-OH is 2. The van der Waals surface area contributed by atoms with E-state index in [1.165, 1.54) is 80.5 Å². The summed E-state index contributed by atoms with van der Waals surface area (Å²) < 4.78 is 66.5. The molecule has 6 heterocycles. The molecule has 3 aromatic heterocycles. The van der Waals surface area contributed by atoms with Crippen LogP contribution in [0, 0.1) is 65.6 Å². The summed E-state index contributed by atoms with van der Waals surface area (Å²) in [6, 6.07) is 2.94. The first-order valence-electron chi connectivity index (χ1n) is 27.8. The number of carbonyl (C=O) groups excluding carboxylic acids is 6. The van der Waals surface area contributed by atoms with E-state index in [1.54, 1.807) is 21.0 Å². The highest BCUT2D eigenvalue weighted by Crippen LogP contribution is 2.37. The summed E-state index contributed by atoms with van der Waals surface area (Å²) in [6.45, 7) is 25.1. The molecule has 0 radical (unpaired) electrons. The largest absolute Gasteiger partial charge is 0.860 e. The molecule has 31 heteroatoms. The first-order valence-corrected chi connectivity index (χ1v) is 31.5. The van der Waals surface area contributed by atoms with E-state index in [-0.39, 0.29) is 79.0 Å². The fourth-order valence-electron chi connectivity index (χ4n) is 9.35. The fraction of sp³-hybridized carbons (Fsp3) is 0.459. The first-order chi connectivity index (χ1) is 41.8. The number of rotatable bonds is 0. The molecule has 1 saturated heterocycles. The lowest BCUT2D eigenvalue weighted by molar-refractivity contribution is -0.280. The molecule has 0 atom stereocenters. The third kappa shape index (κ3) is 18.2. The molecule has 2 N–H and O–H groups in total. The monoisotopic (exact) mass is 1340 g/mol. The van der Waals surface area contributed by atoms with Gasteiger partial charge in [-0.2, -0.15) is 0 Å². The Kier molecular flexibility index (Phi) is 24.4. The molecule has 0 bridgehead atoms. The molecule has 5 aliphatic rings. The summed E-state index contributed by atoms with van der Waals surface area (Å²) in [6.07, 6.45) is 3.44. The second kappa shape index (κ2) is 29.1. The van der Waals surface area contributed by atoms with Gasteiger partial charge in [0.1, 0.15) is 11.8 Å². The lowest BCUT2D eigenvalue weighted by atomic mass is 9.80. The topological polar surface area (TPSA) is 406 Å². The van der Waals surface area contributed by atoms with Crippen molar-refractivity contribution in [2.75, 3.05) is 11.5 Å². The van der Waals surface area contributed by atoms with Crippen LogP contribution in [0.25, 0.3) is 0 Å². The molecule has 2 aliphatic carbocycles. The number of ether oxygens (including phenoxy) is 3. The van der Waals surface area contributed by atoms with Crippen LogP contribution in [0.2, 0.25) is 0 Å². The number of Topliss-reactive ketones (excluding diaryl/α,β-unsaturated/α-hetero) is 3. The zero-order chi connectivity index (χ0) is 71.3. The van der Waals surface area contributed by atoms with Crippen LogP contribution in [0.4, 0.5) is 0 Å². The van der Waals surface area contributed by atoms with Gasteiger partial charge in [-0.1, -0.05) is 13.8 Å². The maximum atomic E-state index is 11.9. The zero-order valence-electron chi connectivity index (χ0n) is 54.9. The predicted molar refractivity (Wildman–Crippen MR) is 333 cm³/mol. The van der Waals surface area contributed by atoms with Gasteiger partial charge < -0.3 is 53.6 Å². The molecule has 28 nitrogen and oxygen atoms in total. The number of ketones is 4. The van der Waals surface area contributed by atoms with Crippen molar-refractivity contribution in [1.82, 2.24) is 27.6 Å². The standard InChI is InChI=1S/C13H14O2.C12H14O3S.C8H12O2.C6H8N2O3.C6H8N2O2S.C6H8O4.C5H8N2O2.C5H8O4S/c1-6-7(2)9(4)13-11(15)5-10(14)12(13)8(6)3;1-6-7(2)9(4)12-11(8(6)3)10(13)5-16(12,14)15;1-8(2)4-6(9)3-7(10)5-8;2*1-7-4(9)3-5(10)8(2)6(7)11;1-6(2)9-4(7)3-5(8)10-6;1-6-4(8)3-5(9)7(6)2;1-5(2)9-4(6)3-10(5,7)8/h5H2,1-4H3;5H2,1-4H3;3,9H,4-5H2,1-2H3;2*3,9H,1-2H3;3,7H,1-2H3;3,8H,1-2H3;3H2,1-2H3/p-3. The Hall–Kier alpha value is -8.97. The molecule has 0 unspecified atom stereocenters. The van der Waals surface area contributed by atoms with Crippen LogP contribution in [-0.2, 0) is 90.6 Å². The van der Waals surface area contributed by atoms with Gasteiger partial charge in [0.15, 0.2) is 43.5 Å². The first kappa shape index (κ1) is 77.3. The number of sulfone groups is 2. The summed E-state index contributed by atoms with van der Waals surface area (Å²) in [7, 11) is 2.06. The minimum absolute atomic E-state index is 0.0151. The zero-order valence-corrected chi connectivity index (χ0v) is 57.3. The van der Waals surface area contributed by atoms with Gasteiger partial charge in [0.05, 0.1) is 17.1 Å². The summed E-state index contributed by atoms with van der Waals surface area (Å²) in [5.74, 6) is -4.78. The van der Waals surface area contributed by atoms with Gasteiger partial charge in [0.25, 0.3) is 28.4 Å². The SMILES string of the molecule is CC1(C)CC(=O)C=C(O)C1.CC1(C)OC(=O)C=C(O)O1.CC1(C)OC(=O)CS1(=O)=O.Cc1c(C)c(C)c2c(c1C)C(=O)CC2=O.Cc1c(C)c(C)c2c(c1C)C(=O)CS2(=O)=O.Cn1c([O-])cc(=O)n(C)c1=O.Cn1c([O-])cc(=O)n(C)c1=S.Cn1c([O-])cc(=O)n1C. The highest BCUT2D eigenvalue weighted by Gasteiger charge is 2.46. The molecule has 92 heavy (non-hydrogen) atoms. The van der Waals surface area contributed by atoms with Crippen molar-refractivity contribution in [1.29, 1.82) is 0 Å². The third-order valence-electron chi connectivity index (χ3n) is 15.4. The van der Waals surface area contributed by atoms with Crippen molar-refractivity contribution in [3.05, 3.63) is 150 Å². The van der Waals surface area contributed by atoms with E-state index in [0.29, 0.717) is 29.5 Å². The Morgan fingerprint density at radius 3 is 1.32 bits per heavy atom. The number of allylic oxidation sites excluding steroid dienone is 2. The minimum atomic E-state index is -3.40. The van der Waals surface area contributed by atoms with Gasteiger partial charge in [0, 0.05) is 110 Å². The molecule has 10 rings (SSSR count). The maximum Gasteiger partial charge on any atom is 0.341 e. The Bertz CT molecular complexity index is 4300. The van der Waals surface area contributed by atoms with Crippen LogP contribution < -0.4 is 37.7 Å². The Labute approximate surface area is 535 Å². The molecular formula is C61H77N6O22S3-3. The van der Waals surface area contributed by atoms with E-state index >= 15 is 0 Å². The normalized spacial score (nSPS) is 17.0. The van der Waals surface area contributed by atoms with E-state index in [9.17, 15) is 80.1 Å². The van der Waals surface area contributed by atoms with Crippen molar-refractivity contribution in [3.63, 3.8) is 0 Å². The summed E-state index contributed by atoms with van der Waals surface area (Å²) in [5.41, 5.74) is 7.65. The van der Waals surface area contributed by atoms with Crippen molar-refractivity contribution in [3.8, 4) is 17.6 Å². The van der Waals surface area contributed by atoms with Crippen molar-refractivity contribution >= 4 is 67.0 Å². The Morgan fingerprint density at radius 2 is 0.946 bits per heavy atom. The van der Waals surface area contributed by atoms with E-state index in [1.807, 2.05) is 62.3 Å². The number of esters is 2. The number of carbonyl (C=O) groups is 6. The smallest absolute Gasteiger partial charge is 0.341 e. The Balaban J connectivity index is 0.000000277. The summed E-state index contributed by atoms with van der Waals surface area (Å²) in [4.78, 5) is 109. The second-order valence-corrected chi connectivity index (χ2v) is 28.4. The molecule has 5 aromatic rings. The van der Waals surface area contributed by atoms with Gasteiger partial charge >= 0.3 is 17.6 Å².